The number of halogens is 2. The van der Waals surface area contributed by atoms with Crippen LogP contribution < -0.4 is 12.4 Å². The molecule has 0 spiro atoms. The Morgan fingerprint density at radius 2 is 2.05 bits per heavy atom. The van der Waals surface area contributed by atoms with Crippen molar-refractivity contribution in [2.24, 2.45) is 0 Å². The molecule has 1 unspecified atom stereocenters. The fourth-order valence-electron chi connectivity index (χ4n) is 2.06. The summed E-state index contributed by atoms with van der Waals surface area (Å²) in [6.45, 7) is 5.98. The maximum Gasteiger partial charge on any atom is 0.339 e. The summed E-state index contributed by atoms with van der Waals surface area (Å²) in [5.41, 5.74) is 0.566. The molecular formula is C14H18BrClNO3-. The lowest BCUT2D eigenvalue weighted by atomic mass is 10.2. The first-order valence-corrected chi connectivity index (χ1v) is 7.21. The van der Waals surface area contributed by atoms with Gasteiger partial charge in [-0.1, -0.05) is 12.1 Å². The van der Waals surface area contributed by atoms with E-state index < -0.39 is 0 Å². The first kappa shape index (κ1) is 17.4. The van der Waals surface area contributed by atoms with E-state index in [1.54, 1.807) is 6.07 Å². The van der Waals surface area contributed by atoms with Gasteiger partial charge in [-0.3, -0.25) is 4.90 Å². The van der Waals surface area contributed by atoms with Crippen molar-refractivity contribution >= 4 is 21.9 Å². The average molecular weight is 364 g/mol. The summed E-state index contributed by atoms with van der Waals surface area (Å²) in [6.07, 6.45) is -0.127. The van der Waals surface area contributed by atoms with Crippen molar-refractivity contribution in [1.29, 1.82) is 0 Å². The number of ether oxygens (including phenoxy) is 2. The fraction of sp³-hybridized carbons (Fsp3) is 0.500. The lowest BCUT2D eigenvalue weighted by molar-refractivity contribution is -0.000667. The number of carbonyl (C=O) groups excluding carboxylic acids is 1. The summed E-state index contributed by atoms with van der Waals surface area (Å²) in [5.74, 6) is -0.284. The van der Waals surface area contributed by atoms with E-state index in [0.29, 0.717) is 5.56 Å². The van der Waals surface area contributed by atoms with Crippen LogP contribution >= 0.6 is 15.9 Å². The summed E-state index contributed by atoms with van der Waals surface area (Å²) >= 11 is 3.36. The molecule has 1 aliphatic heterocycles. The minimum absolute atomic E-state index is 0. The van der Waals surface area contributed by atoms with Gasteiger partial charge in [0.05, 0.1) is 18.8 Å². The zero-order chi connectivity index (χ0) is 13.7. The second kappa shape index (κ2) is 8.62. The zero-order valence-electron chi connectivity index (χ0n) is 11.4. The molecule has 6 heteroatoms. The first-order chi connectivity index (χ1) is 9.16. The van der Waals surface area contributed by atoms with E-state index in [9.17, 15) is 4.79 Å². The molecule has 1 aromatic carbocycles. The van der Waals surface area contributed by atoms with Crippen LogP contribution in [0, 0.1) is 0 Å². The van der Waals surface area contributed by atoms with Gasteiger partial charge in [0.2, 0.25) is 0 Å². The van der Waals surface area contributed by atoms with E-state index >= 15 is 0 Å². The molecule has 4 nitrogen and oxygen atoms in total. The Kier molecular flexibility index (Phi) is 7.51. The number of hydrogen-bond acceptors (Lipinski definition) is 4. The molecule has 0 radical (unpaired) electrons. The summed E-state index contributed by atoms with van der Waals surface area (Å²) in [6, 6.07) is 7.29. The molecule has 0 saturated carbocycles. The highest BCUT2D eigenvalue weighted by atomic mass is 79.9. The van der Waals surface area contributed by atoms with E-state index in [-0.39, 0.29) is 24.5 Å². The summed E-state index contributed by atoms with van der Waals surface area (Å²) in [5, 5.41) is 0. The maximum absolute atomic E-state index is 12.0. The van der Waals surface area contributed by atoms with Crippen LogP contribution in [0.1, 0.15) is 17.3 Å². The van der Waals surface area contributed by atoms with Gasteiger partial charge >= 0.3 is 5.97 Å². The Hall–Kier alpha value is -0.620. The molecule has 0 bridgehead atoms. The molecule has 1 atom stereocenters. The smallest absolute Gasteiger partial charge is 0.339 e. The number of morpholine rings is 1. The van der Waals surface area contributed by atoms with Crippen LogP contribution in [0.2, 0.25) is 0 Å². The van der Waals surface area contributed by atoms with Crippen LogP contribution in [0.15, 0.2) is 28.7 Å². The van der Waals surface area contributed by atoms with Crippen LogP contribution in [-0.2, 0) is 9.47 Å². The summed E-state index contributed by atoms with van der Waals surface area (Å²) in [4.78, 5) is 14.3. The SMILES string of the molecule is CC(CN1CCOCC1)OC(=O)c1ccccc1Br.[Cl-]. The summed E-state index contributed by atoms with van der Waals surface area (Å²) in [7, 11) is 0. The van der Waals surface area contributed by atoms with Crippen LogP contribution in [0.3, 0.4) is 0 Å². The van der Waals surface area contributed by atoms with Gasteiger partial charge < -0.3 is 21.9 Å². The van der Waals surface area contributed by atoms with Gasteiger partial charge in [0.25, 0.3) is 0 Å². The van der Waals surface area contributed by atoms with Crippen molar-refractivity contribution in [1.82, 2.24) is 4.90 Å². The predicted molar refractivity (Wildman–Crippen MR) is 76.3 cm³/mol. The normalized spacial score (nSPS) is 17.1. The molecule has 112 valence electrons. The molecule has 1 fully saturated rings. The molecule has 0 N–H and O–H groups in total. The van der Waals surface area contributed by atoms with Crippen molar-refractivity contribution in [2.45, 2.75) is 13.0 Å². The number of esters is 1. The third-order valence-corrected chi connectivity index (χ3v) is 3.71. The van der Waals surface area contributed by atoms with E-state index in [1.807, 2.05) is 25.1 Å². The number of rotatable bonds is 4. The number of nitrogens with zero attached hydrogens (tertiary/aromatic N) is 1. The van der Waals surface area contributed by atoms with E-state index in [1.165, 1.54) is 0 Å². The van der Waals surface area contributed by atoms with E-state index in [0.717, 1.165) is 37.3 Å². The molecule has 1 saturated heterocycles. The molecule has 1 aliphatic rings. The Labute approximate surface area is 134 Å². The quantitative estimate of drug-likeness (QED) is 0.665. The van der Waals surface area contributed by atoms with E-state index in [2.05, 4.69) is 20.8 Å². The second-order valence-electron chi connectivity index (χ2n) is 4.61. The highest BCUT2D eigenvalue weighted by Crippen LogP contribution is 2.17. The van der Waals surface area contributed by atoms with Crippen LogP contribution in [0.25, 0.3) is 0 Å². The van der Waals surface area contributed by atoms with Crippen LogP contribution in [0.5, 0.6) is 0 Å². The largest absolute Gasteiger partial charge is 1.00 e. The van der Waals surface area contributed by atoms with Crippen molar-refractivity contribution in [3.05, 3.63) is 34.3 Å². The standard InChI is InChI=1S/C14H18BrNO3.ClH/c1-11(10-16-6-8-18-9-7-16)19-14(17)12-4-2-3-5-13(12)15;/h2-5,11H,6-10H2,1H3;1H/p-1. The maximum atomic E-state index is 12.0. The van der Waals surface area contributed by atoms with Crippen molar-refractivity contribution in [2.75, 3.05) is 32.8 Å². The van der Waals surface area contributed by atoms with E-state index in [4.69, 9.17) is 9.47 Å². The van der Waals surface area contributed by atoms with Crippen LogP contribution in [-0.4, -0.2) is 49.8 Å². The minimum atomic E-state index is -0.284. The topological polar surface area (TPSA) is 38.8 Å². The molecule has 0 amide bonds. The third-order valence-electron chi connectivity index (χ3n) is 3.02. The number of hydrogen-bond donors (Lipinski definition) is 0. The monoisotopic (exact) mass is 362 g/mol. The van der Waals surface area contributed by atoms with Crippen molar-refractivity contribution in [3.63, 3.8) is 0 Å². The Balaban J connectivity index is 0.00000200. The minimum Gasteiger partial charge on any atom is -1.00 e. The molecule has 0 aromatic heterocycles. The number of benzene rings is 1. The molecule has 1 aromatic rings. The average Bonchev–Trinajstić information content (AvgIpc) is 2.40. The highest BCUT2D eigenvalue weighted by Gasteiger charge is 2.18. The van der Waals surface area contributed by atoms with Gasteiger partial charge in [0, 0.05) is 24.1 Å². The molecule has 20 heavy (non-hydrogen) atoms. The van der Waals surface area contributed by atoms with Gasteiger partial charge in [0.1, 0.15) is 6.10 Å². The van der Waals surface area contributed by atoms with Crippen molar-refractivity contribution < 1.29 is 26.7 Å². The lowest BCUT2D eigenvalue weighted by Crippen LogP contribution is -3.00. The van der Waals surface area contributed by atoms with Crippen molar-refractivity contribution in [3.8, 4) is 0 Å². The molecule has 1 heterocycles. The third kappa shape index (κ3) is 5.05. The summed E-state index contributed by atoms with van der Waals surface area (Å²) < 4.78 is 11.5. The first-order valence-electron chi connectivity index (χ1n) is 6.42. The molecule has 2 rings (SSSR count). The number of carbonyl (C=O) groups is 1. The van der Waals surface area contributed by atoms with Gasteiger partial charge in [-0.25, -0.2) is 4.79 Å². The Morgan fingerprint density at radius 1 is 1.40 bits per heavy atom. The second-order valence-corrected chi connectivity index (χ2v) is 5.46. The molecule has 0 aliphatic carbocycles. The van der Waals surface area contributed by atoms with Gasteiger partial charge in [-0.05, 0) is 35.0 Å². The van der Waals surface area contributed by atoms with Crippen LogP contribution in [0.4, 0.5) is 0 Å². The highest BCUT2D eigenvalue weighted by molar-refractivity contribution is 9.10. The van der Waals surface area contributed by atoms with Gasteiger partial charge in [-0.2, -0.15) is 0 Å². The van der Waals surface area contributed by atoms with Gasteiger partial charge in [-0.15, -0.1) is 0 Å². The lowest BCUT2D eigenvalue weighted by Gasteiger charge is -2.28. The fourth-order valence-corrected chi connectivity index (χ4v) is 2.50. The predicted octanol–water partition coefficient (Wildman–Crippen LogP) is -0.669. The molecular weight excluding hydrogens is 346 g/mol. The Bertz CT molecular complexity index is 438. The zero-order valence-corrected chi connectivity index (χ0v) is 13.7. The van der Waals surface area contributed by atoms with Gasteiger partial charge in [0.15, 0.2) is 0 Å². The Morgan fingerprint density at radius 3 is 2.70 bits per heavy atom.